The van der Waals surface area contributed by atoms with E-state index in [1.807, 2.05) is 45.0 Å². The van der Waals surface area contributed by atoms with E-state index >= 15 is 0 Å². The average Bonchev–Trinajstić information content (AvgIpc) is 2.39. The van der Waals surface area contributed by atoms with Gasteiger partial charge in [-0.2, -0.15) is 0 Å². The van der Waals surface area contributed by atoms with Crippen molar-refractivity contribution in [3.63, 3.8) is 0 Å². The molecular weight excluding hydrogens is 337 g/mol. The van der Waals surface area contributed by atoms with Gasteiger partial charge in [0, 0.05) is 0 Å². The molecular formula is C13H23NO3Sn. The van der Waals surface area contributed by atoms with Crippen LogP contribution < -0.4 is 9.31 Å². The quantitative estimate of drug-likeness (QED) is 0.713. The molecule has 0 aliphatic rings. The van der Waals surface area contributed by atoms with Crippen LogP contribution in [-0.4, -0.2) is 39.4 Å². The number of nitrogens with two attached hydrogens (primary N) is 1. The first kappa shape index (κ1) is 15.9. The second-order valence-electron chi connectivity index (χ2n) is 3.72. The van der Waals surface area contributed by atoms with Crippen LogP contribution in [0.4, 0.5) is 0 Å². The minimum atomic E-state index is -3.67. The van der Waals surface area contributed by atoms with E-state index in [0.29, 0.717) is 26.4 Å². The molecule has 0 saturated carbocycles. The van der Waals surface area contributed by atoms with E-state index in [9.17, 15) is 0 Å². The van der Waals surface area contributed by atoms with Gasteiger partial charge in [0.1, 0.15) is 0 Å². The van der Waals surface area contributed by atoms with Gasteiger partial charge in [0.05, 0.1) is 0 Å². The molecule has 2 N–H and O–H groups in total. The van der Waals surface area contributed by atoms with Gasteiger partial charge in [0.2, 0.25) is 0 Å². The summed E-state index contributed by atoms with van der Waals surface area (Å²) < 4.78 is 18.9. The van der Waals surface area contributed by atoms with Gasteiger partial charge in [-0.05, 0) is 0 Å². The maximum absolute atomic E-state index is 5.95. The predicted octanol–water partition coefficient (Wildman–Crippen LogP) is 1.40. The topological polar surface area (TPSA) is 53.7 Å². The molecule has 0 heterocycles. The zero-order chi connectivity index (χ0) is 13.4. The number of hydrogen-bond donors (Lipinski definition) is 1. The molecule has 0 bridgehead atoms. The summed E-state index contributed by atoms with van der Waals surface area (Å²) in [6, 6.07) is 8.00. The molecule has 0 atom stereocenters. The van der Waals surface area contributed by atoms with Crippen LogP contribution in [0.25, 0.3) is 0 Å². The summed E-state index contributed by atoms with van der Waals surface area (Å²) in [6.45, 7) is 8.15. The second kappa shape index (κ2) is 8.11. The van der Waals surface area contributed by atoms with Crippen LogP contribution in [0.3, 0.4) is 0 Å². The van der Waals surface area contributed by atoms with Crippen molar-refractivity contribution in [2.75, 3.05) is 19.8 Å². The third kappa shape index (κ3) is 3.68. The fourth-order valence-electron chi connectivity index (χ4n) is 1.93. The van der Waals surface area contributed by atoms with E-state index in [0.717, 1.165) is 9.14 Å². The van der Waals surface area contributed by atoms with Crippen molar-refractivity contribution >= 4 is 23.2 Å². The van der Waals surface area contributed by atoms with Crippen LogP contribution in [0.5, 0.6) is 0 Å². The summed E-state index contributed by atoms with van der Waals surface area (Å²) in [5.41, 5.74) is 6.86. The first-order valence-corrected chi connectivity index (χ1v) is 11.4. The Morgan fingerprint density at radius 3 is 1.89 bits per heavy atom. The summed E-state index contributed by atoms with van der Waals surface area (Å²) in [5, 5.41) is 0. The number of benzene rings is 1. The van der Waals surface area contributed by atoms with E-state index in [4.69, 9.17) is 15.0 Å². The molecule has 0 fully saturated rings. The predicted molar refractivity (Wildman–Crippen MR) is 74.6 cm³/mol. The van der Waals surface area contributed by atoms with Crippen molar-refractivity contribution in [3.05, 3.63) is 29.8 Å². The summed E-state index contributed by atoms with van der Waals surface area (Å²) in [7, 11) is 0. The molecule has 1 aromatic rings. The normalized spacial score (nSPS) is 11.8. The minimum absolute atomic E-state index is 0.474. The van der Waals surface area contributed by atoms with E-state index in [1.54, 1.807) is 0 Å². The summed E-state index contributed by atoms with van der Waals surface area (Å²) >= 11 is -3.67. The van der Waals surface area contributed by atoms with Gasteiger partial charge < -0.3 is 0 Å². The van der Waals surface area contributed by atoms with Gasteiger partial charge in [-0.1, -0.05) is 0 Å². The summed E-state index contributed by atoms with van der Waals surface area (Å²) in [5.74, 6) is 0. The number of rotatable bonds is 8. The molecule has 18 heavy (non-hydrogen) atoms. The standard InChI is InChI=1S/C7H8N.3C2H5O.Sn/c8-6-7-4-2-1-3-5-7;3*1-2-3;/h1-4H,6,8H2;3*2H2,1H3;/q;3*-1;+3. The van der Waals surface area contributed by atoms with Gasteiger partial charge >= 0.3 is 115 Å². The molecule has 0 saturated heterocycles. The van der Waals surface area contributed by atoms with Crippen LogP contribution in [0.2, 0.25) is 0 Å². The molecule has 0 spiro atoms. The summed E-state index contributed by atoms with van der Waals surface area (Å²) in [4.78, 5) is 0. The molecule has 102 valence electrons. The SMILES string of the molecule is CC[O][Sn]([O]CC)([O]CC)[c]1ccccc1CN. The monoisotopic (exact) mass is 361 g/mol. The van der Waals surface area contributed by atoms with Gasteiger partial charge in [-0.3, -0.25) is 0 Å². The first-order valence-electron chi connectivity index (χ1n) is 6.44. The summed E-state index contributed by atoms with van der Waals surface area (Å²) in [6.07, 6.45) is 0. The van der Waals surface area contributed by atoms with Crippen LogP contribution in [0.15, 0.2) is 24.3 Å². The van der Waals surface area contributed by atoms with Crippen molar-refractivity contribution in [1.82, 2.24) is 0 Å². The van der Waals surface area contributed by atoms with Crippen molar-refractivity contribution in [2.24, 2.45) is 5.73 Å². The van der Waals surface area contributed by atoms with Crippen molar-refractivity contribution in [3.8, 4) is 0 Å². The molecule has 1 aromatic carbocycles. The van der Waals surface area contributed by atoms with E-state index in [2.05, 4.69) is 0 Å². The van der Waals surface area contributed by atoms with E-state index in [1.165, 1.54) is 0 Å². The van der Waals surface area contributed by atoms with Crippen molar-refractivity contribution in [2.45, 2.75) is 27.3 Å². The van der Waals surface area contributed by atoms with Crippen LogP contribution in [0.1, 0.15) is 26.3 Å². The van der Waals surface area contributed by atoms with Gasteiger partial charge in [-0.15, -0.1) is 0 Å². The Kier molecular flexibility index (Phi) is 7.17. The van der Waals surface area contributed by atoms with Crippen LogP contribution >= 0.6 is 0 Å². The molecule has 0 aliphatic heterocycles. The fourth-order valence-corrected chi connectivity index (χ4v) is 9.73. The van der Waals surface area contributed by atoms with Gasteiger partial charge in [-0.25, -0.2) is 0 Å². The Morgan fingerprint density at radius 2 is 1.44 bits per heavy atom. The Bertz CT molecular complexity index is 343. The van der Waals surface area contributed by atoms with E-state index < -0.39 is 19.6 Å². The van der Waals surface area contributed by atoms with Crippen LogP contribution in [-0.2, 0) is 15.8 Å². The molecule has 0 aromatic heterocycles. The molecule has 0 unspecified atom stereocenters. The molecule has 1 rings (SSSR count). The zero-order valence-electron chi connectivity index (χ0n) is 11.4. The van der Waals surface area contributed by atoms with Crippen molar-refractivity contribution < 1.29 is 9.22 Å². The van der Waals surface area contributed by atoms with Crippen LogP contribution in [0, 0.1) is 0 Å². The molecule has 5 heteroatoms. The molecule has 0 radical (unpaired) electrons. The van der Waals surface area contributed by atoms with Gasteiger partial charge in [0.15, 0.2) is 0 Å². The second-order valence-corrected chi connectivity index (χ2v) is 10.9. The number of hydrogen-bond acceptors (Lipinski definition) is 4. The zero-order valence-corrected chi connectivity index (χ0v) is 14.3. The Balaban J connectivity index is 3.20. The Labute approximate surface area is 115 Å². The third-order valence-corrected chi connectivity index (χ3v) is 11.6. The molecule has 4 nitrogen and oxygen atoms in total. The average molecular weight is 360 g/mol. The maximum atomic E-state index is 5.95. The van der Waals surface area contributed by atoms with Gasteiger partial charge in [0.25, 0.3) is 0 Å². The fraction of sp³-hybridized carbons (Fsp3) is 0.538. The molecule has 0 amide bonds. The molecule has 0 aliphatic carbocycles. The Hall–Kier alpha value is -0.141. The third-order valence-electron chi connectivity index (χ3n) is 2.57. The Morgan fingerprint density at radius 1 is 0.944 bits per heavy atom. The van der Waals surface area contributed by atoms with Crippen molar-refractivity contribution in [1.29, 1.82) is 0 Å². The first-order chi connectivity index (χ1) is 8.74. The van der Waals surface area contributed by atoms with E-state index in [-0.39, 0.29) is 0 Å².